The van der Waals surface area contributed by atoms with Crippen LogP contribution in [0.2, 0.25) is 0 Å². The number of pyridine rings is 1. The molecule has 0 aromatic carbocycles. The highest BCUT2D eigenvalue weighted by Gasteiger charge is 2.09. The molecule has 0 aliphatic carbocycles. The van der Waals surface area contributed by atoms with Crippen molar-refractivity contribution in [1.29, 1.82) is 5.26 Å². The summed E-state index contributed by atoms with van der Waals surface area (Å²) in [6.07, 6.45) is 1.42. The van der Waals surface area contributed by atoms with Crippen molar-refractivity contribution >= 4 is 0 Å². The fourth-order valence-electron chi connectivity index (χ4n) is 0.722. The van der Waals surface area contributed by atoms with Gasteiger partial charge in [0.05, 0.1) is 17.7 Å². The third kappa shape index (κ3) is 1.53. The van der Waals surface area contributed by atoms with Gasteiger partial charge < -0.3 is 0 Å². The Hall–Kier alpha value is -1.43. The predicted molar refractivity (Wildman–Crippen MR) is 37.1 cm³/mol. The summed E-state index contributed by atoms with van der Waals surface area (Å²) >= 11 is 0. The van der Waals surface area contributed by atoms with Gasteiger partial charge in [-0.2, -0.15) is 5.26 Å². The lowest BCUT2D eigenvalue weighted by Gasteiger charge is -2.00. The van der Waals surface area contributed by atoms with Crippen molar-refractivity contribution in [2.75, 3.05) is 0 Å². The zero-order valence-corrected chi connectivity index (χ0v) is 6.00. The zero-order valence-electron chi connectivity index (χ0n) is 6.00. The molecule has 0 aliphatic rings. The van der Waals surface area contributed by atoms with Crippen LogP contribution in [0.4, 0.5) is 4.39 Å². The number of halogens is 1. The number of nitrogens with zero attached hydrogens (tertiary/aromatic N) is 2. The van der Waals surface area contributed by atoms with Crippen LogP contribution in [0.3, 0.4) is 0 Å². The molecule has 0 saturated carbocycles. The van der Waals surface area contributed by atoms with E-state index in [2.05, 4.69) is 11.1 Å². The third-order valence-corrected chi connectivity index (χ3v) is 1.33. The van der Waals surface area contributed by atoms with E-state index in [-0.39, 0.29) is 5.69 Å². The van der Waals surface area contributed by atoms with Crippen LogP contribution in [0.25, 0.3) is 0 Å². The zero-order chi connectivity index (χ0) is 8.27. The van der Waals surface area contributed by atoms with E-state index in [9.17, 15) is 4.39 Å². The summed E-state index contributed by atoms with van der Waals surface area (Å²) in [5, 5.41) is 8.44. The average Bonchev–Trinajstić information content (AvgIpc) is 2.04. The van der Waals surface area contributed by atoms with Crippen LogP contribution in [0.5, 0.6) is 0 Å². The molecule has 0 fully saturated rings. The normalized spacial score (nSPS) is 12.1. The van der Waals surface area contributed by atoms with Gasteiger partial charge in [-0.25, -0.2) is 4.39 Å². The standard InChI is InChI=1S/C8H6FN2/c1-6(5-10)8-7(9)3-2-4-11-8/h2,4,6H,1H3. The molecule has 2 nitrogen and oxygen atoms in total. The molecule has 1 aromatic heterocycles. The van der Waals surface area contributed by atoms with Gasteiger partial charge in [0, 0.05) is 12.3 Å². The van der Waals surface area contributed by atoms with E-state index in [0.717, 1.165) is 0 Å². The molecule has 1 unspecified atom stereocenters. The number of hydrogen-bond donors (Lipinski definition) is 0. The Balaban J connectivity index is 3.05. The lowest BCUT2D eigenvalue weighted by Crippen LogP contribution is -1.97. The highest BCUT2D eigenvalue weighted by molar-refractivity contribution is 5.16. The Morgan fingerprint density at radius 1 is 1.82 bits per heavy atom. The molecule has 0 N–H and O–H groups in total. The maximum absolute atomic E-state index is 12.8. The first-order chi connectivity index (χ1) is 5.25. The topological polar surface area (TPSA) is 36.7 Å². The minimum atomic E-state index is -0.540. The summed E-state index contributed by atoms with van der Waals surface area (Å²) in [6.45, 7) is 1.60. The van der Waals surface area contributed by atoms with Crippen LogP contribution in [-0.4, -0.2) is 4.98 Å². The Kier molecular flexibility index (Phi) is 2.17. The molecule has 0 amide bonds. The fourth-order valence-corrected chi connectivity index (χ4v) is 0.722. The first-order valence-electron chi connectivity index (χ1n) is 3.17. The molecule has 55 valence electrons. The molecule has 1 heterocycles. The highest BCUT2D eigenvalue weighted by Crippen LogP contribution is 2.13. The van der Waals surface area contributed by atoms with Crippen LogP contribution in [0.15, 0.2) is 12.3 Å². The summed E-state index contributed by atoms with van der Waals surface area (Å²) in [4.78, 5) is 3.72. The molecule has 0 bridgehead atoms. The second-order valence-electron chi connectivity index (χ2n) is 2.14. The van der Waals surface area contributed by atoms with Crippen molar-refractivity contribution < 1.29 is 4.39 Å². The van der Waals surface area contributed by atoms with Gasteiger partial charge in [0.1, 0.15) is 0 Å². The number of rotatable bonds is 1. The van der Waals surface area contributed by atoms with Crippen LogP contribution < -0.4 is 0 Å². The first kappa shape index (κ1) is 7.67. The molecule has 1 atom stereocenters. The van der Waals surface area contributed by atoms with Crippen LogP contribution in [0.1, 0.15) is 18.5 Å². The second-order valence-corrected chi connectivity index (χ2v) is 2.14. The van der Waals surface area contributed by atoms with Gasteiger partial charge in [-0.15, -0.1) is 0 Å². The van der Waals surface area contributed by atoms with E-state index in [1.165, 1.54) is 12.3 Å². The monoisotopic (exact) mass is 149 g/mol. The maximum Gasteiger partial charge on any atom is 0.153 e. The quantitative estimate of drug-likeness (QED) is 0.608. The van der Waals surface area contributed by atoms with E-state index in [1.807, 2.05) is 6.07 Å². The van der Waals surface area contributed by atoms with E-state index in [0.29, 0.717) is 0 Å². The summed E-state index contributed by atoms with van der Waals surface area (Å²) in [5.74, 6) is -1.05. The molecular formula is C8H6FN2. The largest absolute Gasteiger partial charge is 0.257 e. The Morgan fingerprint density at radius 2 is 2.55 bits per heavy atom. The molecule has 0 aliphatic heterocycles. The Labute approximate surface area is 64.3 Å². The van der Waals surface area contributed by atoms with Gasteiger partial charge in [-0.05, 0) is 13.0 Å². The number of hydrogen-bond acceptors (Lipinski definition) is 2. The van der Waals surface area contributed by atoms with Crippen LogP contribution >= 0.6 is 0 Å². The van der Waals surface area contributed by atoms with Crippen LogP contribution in [-0.2, 0) is 0 Å². The van der Waals surface area contributed by atoms with Gasteiger partial charge >= 0.3 is 0 Å². The van der Waals surface area contributed by atoms with Gasteiger partial charge in [0.2, 0.25) is 0 Å². The second kappa shape index (κ2) is 3.11. The van der Waals surface area contributed by atoms with E-state index < -0.39 is 11.7 Å². The van der Waals surface area contributed by atoms with Gasteiger partial charge in [0.25, 0.3) is 0 Å². The fraction of sp³-hybridized carbons (Fsp3) is 0.250. The summed E-state index contributed by atoms with van der Waals surface area (Å²) in [6, 6.07) is 5.61. The van der Waals surface area contributed by atoms with Crippen molar-refractivity contribution in [2.24, 2.45) is 0 Å². The smallest absolute Gasteiger partial charge is 0.153 e. The van der Waals surface area contributed by atoms with E-state index >= 15 is 0 Å². The lowest BCUT2D eigenvalue weighted by atomic mass is 10.1. The summed E-state index contributed by atoms with van der Waals surface area (Å²) in [7, 11) is 0. The van der Waals surface area contributed by atoms with Crippen molar-refractivity contribution in [1.82, 2.24) is 4.98 Å². The Morgan fingerprint density at radius 3 is 3.09 bits per heavy atom. The minimum absolute atomic E-state index is 0.162. The molecular weight excluding hydrogens is 143 g/mol. The van der Waals surface area contributed by atoms with Gasteiger partial charge in [-0.1, -0.05) is 0 Å². The SMILES string of the molecule is CC(C#N)c1ncc[c]c1F. The molecule has 3 heteroatoms. The predicted octanol–water partition coefficient (Wildman–Crippen LogP) is 1.65. The lowest BCUT2D eigenvalue weighted by molar-refractivity contribution is 0.592. The van der Waals surface area contributed by atoms with Crippen LogP contribution in [0, 0.1) is 23.2 Å². The minimum Gasteiger partial charge on any atom is -0.257 e. The molecule has 1 rings (SSSR count). The van der Waals surface area contributed by atoms with Crippen molar-refractivity contribution in [3.63, 3.8) is 0 Å². The van der Waals surface area contributed by atoms with Crippen molar-refractivity contribution in [2.45, 2.75) is 12.8 Å². The maximum atomic E-state index is 12.8. The van der Waals surface area contributed by atoms with Crippen molar-refractivity contribution in [3.8, 4) is 6.07 Å². The molecule has 1 radical (unpaired) electrons. The number of nitriles is 1. The third-order valence-electron chi connectivity index (χ3n) is 1.33. The molecule has 0 saturated heterocycles. The number of aromatic nitrogens is 1. The van der Waals surface area contributed by atoms with Gasteiger partial charge in [-0.3, -0.25) is 4.98 Å². The van der Waals surface area contributed by atoms with Crippen molar-refractivity contribution in [3.05, 3.63) is 29.8 Å². The molecule has 11 heavy (non-hydrogen) atoms. The van der Waals surface area contributed by atoms with E-state index in [4.69, 9.17) is 5.26 Å². The molecule has 0 spiro atoms. The summed E-state index contributed by atoms with van der Waals surface area (Å²) in [5.41, 5.74) is 0.162. The Bertz CT molecular complexity index is 290. The molecule has 1 aromatic rings. The van der Waals surface area contributed by atoms with E-state index in [1.54, 1.807) is 6.92 Å². The average molecular weight is 149 g/mol. The first-order valence-corrected chi connectivity index (χ1v) is 3.17. The highest BCUT2D eigenvalue weighted by atomic mass is 19.1. The summed E-state index contributed by atoms with van der Waals surface area (Å²) < 4.78 is 12.8. The van der Waals surface area contributed by atoms with Gasteiger partial charge in [0.15, 0.2) is 5.82 Å².